The number of tetrazole rings is 1. The van der Waals surface area contributed by atoms with Crippen LogP contribution in [0.15, 0.2) is 24.3 Å². The van der Waals surface area contributed by atoms with Gasteiger partial charge in [-0.1, -0.05) is 11.3 Å². The summed E-state index contributed by atoms with van der Waals surface area (Å²) in [7, 11) is 0. The molecule has 0 saturated carbocycles. The third-order valence-electron chi connectivity index (χ3n) is 2.58. The smallest absolute Gasteiger partial charge is 0.328 e. The van der Waals surface area contributed by atoms with Gasteiger partial charge in [-0.2, -0.15) is 5.21 Å². The maximum Gasteiger partial charge on any atom is 0.328 e. The molecule has 0 radical (unpaired) electrons. The van der Waals surface area contributed by atoms with E-state index in [4.69, 9.17) is 5.11 Å². The van der Waals surface area contributed by atoms with Crippen molar-refractivity contribution in [3.8, 4) is 0 Å². The van der Waals surface area contributed by atoms with Crippen LogP contribution in [-0.2, 0) is 11.3 Å². The molecule has 0 spiro atoms. The third kappa shape index (κ3) is 4.23. The minimum Gasteiger partial charge on any atom is -0.478 e. The number of carbonyl (C=O) groups excluding carboxylic acids is 1. The minimum atomic E-state index is -1.04. The molecule has 1 aromatic heterocycles. The molecule has 0 atom stereocenters. The molecule has 21 heavy (non-hydrogen) atoms. The summed E-state index contributed by atoms with van der Waals surface area (Å²) in [5, 5.41) is 24.4. The average Bonchev–Trinajstić information content (AvgIpc) is 2.95. The summed E-state index contributed by atoms with van der Waals surface area (Å²) in [6, 6.07) is 5.11. The number of nitrogens with one attached hydrogen (secondary N) is 2. The number of carbonyl (C=O) groups is 2. The van der Waals surface area contributed by atoms with Gasteiger partial charge in [-0.3, -0.25) is 4.79 Å². The number of carboxylic acid groups (broad SMARTS) is 1. The molecule has 3 N–H and O–H groups in total. The highest BCUT2D eigenvalue weighted by molar-refractivity contribution is 5.95. The number of amides is 1. The van der Waals surface area contributed by atoms with Crippen LogP contribution < -0.4 is 5.32 Å². The molecule has 1 amide bonds. The first kappa shape index (κ1) is 14.4. The van der Waals surface area contributed by atoms with Gasteiger partial charge >= 0.3 is 5.97 Å². The lowest BCUT2D eigenvalue weighted by Crippen LogP contribution is -2.23. The number of benzene rings is 1. The van der Waals surface area contributed by atoms with Crippen molar-refractivity contribution in [3.63, 3.8) is 0 Å². The van der Waals surface area contributed by atoms with Crippen molar-refractivity contribution in [1.82, 2.24) is 25.9 Å². The Hall–Kier alpha value is -3.03. The highest BCUT2D eigenvalue weighted by Gasteiger charge is 2.08. The molecule has 0 bridgehead atoms. The number of nitrogens with zero attached hydrogens (tertiary/aromatic N) is 3. The summed E-state index contributed by atoms with van der Waals surface area (Å²) in [5.41, 5.74) is 1.93. The predicted molar refractivity (Wildman–Crippen MR) is 73.2 cm³/mol. The van der Waals surface area contributed by atoms with E-state index in [0.29, 0.717) is 17.0 Å². The van der Waals surface area contributed by atoms with Crippen molar-refractivity contribution in [2.24, 2.45) is 0 Å². The standard InChI is InChI=1S/C13H13N5O3/c1-8-4-9(2-3-12(19)20)6-10(5-8)13(21)14-7-11-15-17-18-16-11/h2-6H,7H2,1H3,(H,14,21)(H,19,20)(H,15,16,17,18)/b3-2+. The van der Waals surface area contributed by atoms with E-state index in [2.05, 4.69) is 25.9 Å². The van der Waals surface area contributed by atoms with Gasteiger partial charge in [-0.15, -0.1) is 10.2 Å². The van der Waals surface area contributed by atoms with Gasteiger partial charge in [0.2, 0.25) is 0 Å². The van der Waals surface area contributed by atoms with E-state index < -0.39 is 5.97 Å². The quantitative estimate of drug-likeness (QED) is 0.690. The van der Waals surface area contributed by atoms with E-state index in [1.807, 2.05) is 6.92 Å². The molecule has 2 aromatic rings. The zero-order chi connectivity index (χ0) is 15.2. The summed E-state index contributed by atoms with van der Waals surface area (Å²) in [6.45, 7) is 1.98. The van der Waals surface area contributed by atoms with Gasteiger partial charge in [0.25, 0.3) is 5.91 Å². The van der Waals surface area contributed by atoms with Crippen LogP contribution in [0, 0.1) is 6.92 Å². The van der Waals surface area contributed by atoms with Gasteiger partial charge in [0.1, 0.15) is 0 Å². The van der Waals surface area contributed by atoms with Crippen molar-refractivity contribution >= 4 is 18.0 Å². The van der Waals surface area contributed by atoms with Crippen LogP contribution in [0.25, 0.3) is 6.08 Å². The van der Waals surface area contributed by atoms with E-state index in [9.17, 15) is 9.59 Å². The first-order valence-electron chi connectivity index (χ1n) is 6.08. The van der Waals surface area contributed by atoms with Crippen molar-refractivity contribution in [1.29, 1.82) is 0 Å². The number of aromatic amines is 1. The molecule has 0 aliphatic carbocycles. The summed E-state index contributed by atoms with van der Waals surface area (Å²) in [4.78, 5) is 22.6. The van der Waals surface area contributed by atoms with Gasteiger partial charge in [-0.05, 0) is 36.3 Å². The maximum atomic E-state index is 12.0. The van der Waals surface area contributed by atoms with Crippen LogP contribution >= 0.6 is 0 Å². The second-order valence-electron chi connectivity index (χ2n) is 4.31. The first-order chi connectivity index (χ1) is 10.0. The molecule has 1 heterocycles. The molecule has 1 aromatic carbocycles. The number of carboxylic acids is 1. The van der Waals surface area contributed by atoms with Crippen LogP contribution in [-0.4, -0.2) is 37.6 Å². The first-order valence-corrected chi connectivity index (χ1v) is 6.08. The zero-order valence-electron chi connectivity index (χ0n) is 11.2. The Labute approximate surface area is 119 Å². The zero-order valence-corrected chi connectivity index (χ0v) is 11.2. The molecule has 0 fully saturated rings. The fourth-order valence-electron chi connectivity index (χ4n) is 1.73. The van der Waals surface area contributed by atoms with Gasteiger partial charge in [0, 0.05) is 11.6 Å². The summed E-state index contributed by atoms with van der Waals surface area (Å²) in [5.74, 6) is -0.963. The fraction of sp³-hybridized carbons (Fsp3) is 0.154. The Bertz CT molecular complexity index is 679. The normalized spacial score (nSPS) is 10.7. The topological polar surface area (TPSA) is 121 Å². The second-order valence-corrected chi connectivity index (χ2v) is 4.31. The Balaban J connectivity index is 2.11. The van der Waals surface area contributed by atoms with Crippen LogP contribution in [0.4, 0.5) is 0 Å². The van der Waals surface area contributed by atoms with Crippen LogP contribution in [0.5, 0.6) is 0 Å². The molecule has 8 nitrogen and oxygen atoms in total. The highest BCUT2D eigenvalue weighted by atomic mass is 16.4. The van der Waals surface area contributed by atoms with Crippen molar-refractivity contribution < 1.29 is 14.7 Å². The van der Waals surface area contributed by atoms with E-state index in [-0.39, 0.29) is 12.5 Å². The molecule has 0 aliphatic heterocycles. The SMILES string of the molecule is Cc1cc(/C=C/C(=O)O)cc(C(=O)NCc2nn[nH]n2)c1. The molecule has 8 heteroatoms. The molecule has 0 saturated heterocycles. The van der Waals surface area contributed by atoms with E-state index in [1.54, 1.807) is 18.2 Å². The number of aryl methyl sites for hydroxylation is 1. The second kappa shape index (κ2) is 6.42. The van der Waals surface area contributed by atoms with Crippen molar-refractivity contribution in [2.75, 3.05) is 0 Å². The fourth-order valence-corrected chi connectivity index (χ4v) is 1.73. The number of hydrogen-bond donors (Lipinski definition) is 3. The monoisotopic (exact) mass is 287 g/mol. The predicted octanol–water partition coefficient (Wildman–Crippen LogP) is 0.536. The van der Waals surface area contributed by atoms with E-state index in [1.165, 1.54) is 6.08 Å². The summed E-state index contributed by atoms with van der Waals surface area (Å²) < 4.78 is 0. The lowest BCUT2D eigenvalue weighted by Gasteiger charge is -2.05. The molecular weight excluding hydrogens is 274 g/mol. The van der Waals surface area contributed by atoms with Gasteiger partial charge in [0.15, 0.2) is 5.82 Å². The van der Waals surface area contributed by atoms with E-state index >= 15 is 0 Å². The molecule has 0 aliphatic rings. The third-order valence-corrected chi connectivity index (χ3v) is 2.58. The molecule has 2 rings (SSSR count). The minimum absolute atomic E-state index is 0.156. The number of aromatic nitrogens is 4. The molecule has 0 unspecified atom stereocenters. The number of rotatable bonds is 5. The van der Waals surface area contributed by atoms with Crippen molar-refractivity contribution in [2.45, 2.75) is 13.5 Å². The number of H-pyrrole nitrogens is 1. The highest BCUT2D eigenvalue weighted by Crippen LogP contribution is 2.11. The maximum absolute atomic E-state index is 12.0. The lowest BCUT2D eigenvalue weighted by molar-refractivity contribution is -0.131. The molecular formula is C13H13N5O3. The van der Waals surface area contributed by atoms with E-state index in [0.717, 1.165) is 11.6 Å². The van der Waals surface area contributed by atoms with Gasteiger partial charge < -0.3 is 10.4 Å². The summed E-state index contributed by atoms with van der Waals surface area (Å²) in [6.07, 6.45) is 2.46. The van der Waals surface area contributed by atoms with Crippen LogP contribution in [0.3, 0.4) is 0 Å². The van der Waals surface area contributed by atoms with Crippen LogP contribution in [0.2, 0.25) is 0 Å². The number of hydrogen-bond acceptors (Lipinski definition) is 5. The Morgan fingerprint density at radius 2 is 2.19 bits per heavy atom. The van der Waals surface area contributed by atoms with Crippen LogP contribution in [0.1, 0.15) is 27.3 Å². The lowest BCUT2D eigenvalue weighted by atomic mass is 10.1. The Kier molecular flexibility index (Phi) is 4.39. The summed E-state index contributed by atoms with van der Waals surface area (Å²) >= 11 is 0. The average molecular weight is 287 g/mol. The molecule has 108 valence electrons. The Morgan fingerprint density at radius 3 is 2.86 bits per heavy atom. The van der Waals surface area contributed by atoms with Gasteiger partial charge in [0.05, 0.1) is 6.54 Å². The van der Waals surface area contributed by atoms with Gasteiger partial charge in [-0.25, -0.2) is 4.79 Å². The largest absolute Gasteiger partial charge is 0.478 e. The number of aliphatic carboxylic acids is 1. The van der Waals surface area contributed by atoms with Crippen molar-refractivity contribution in [3.05, 3.63) is 46.8 Å². The Morgan fingerprint density at radius 1 is 1.38 bits per heavy atom.